The summed E-state index contributed by atoms with van der Waals surface area (Å²) in [5.41, 5.74) is 2.56. The first-order valence-electron chi connectivity index (χ1n) is 10.0. The smallest absolute Gasteiger partial charge is 0.267 e. The molecule has 32 heavy (non-hydrogen) atoms. The number of thiophene rings is 1. The van der Waals surface area contributed by atoms with Gasteiger partial charge >= 0.3 is 0 Å². The van der Waals surface area contributed by atoms with Crippen molar-refractivity contribution in [3.63, 3.8) is 0 Å². The zero-order valence-corrected chi connectivity index (χ0v) is 19.0. The van der Waals surface area contributed by atoms with Gasteiger partial charge in [0.15, 0.2) is 5.16 Å². The largest absolute Gasteiger partial charge is 0.354 e. The molecule has 2 heterocycles. The summed E-state index contributed by atoms with van der Waals surface area (Å²) in [5, 5.41) is 12.4. The van der Waals surface area contributed by atoms with Crippen molar-refractivity contribution in [2.45, 2.75) is 18.5 Å². The number of hydrogen-bond acceptors (Lipinski definition) is 6. The van der Waals surface area contributed by atoms with Crippen LogP contribution in [0.1, 0.15) is 12.0 Å². The van der Waals surface area contributed by atoms with Crippen molar-refractivity contribution >= 4 is 39.2 Å². The minimum absolute atomic E-state index is 0.103. The molecule has 1 N–H and O–H groups in total. The van der Waals surface area contributed by atoms with E-state index in [4.69, 9.17) is 10.2 Å². The second-order valence-electron chi connectivity index (χ2n) is 7.06. The second-order valence-corrected chi connectivity index (χ2v) is 9.04. The van der Waals surface area contributed by atoms with Crippen molar-refractivity contribution < 1.29 is 4.79 Å². The second kappa shape index (κ2) is 9.81. The van der Waals surface area contributed by atoms with E-state index < -0.39 is 0 Å². The molecule has 4 aromatic rings. The summed E-state index contributed by atoms with van der Waals surface area (Å²) in [5.74, 6) is -0.0984. The number of nitrogens with one attached hydrogen (secondary N) is 1. The molecule has 1 amide bonds. The number of aromatic nitrogens is 2. The van der Waals surface area contributed by atoms with Crippen molar-refractivity contribution in [3.05, 3.63) is 76.6 Å². The molecule has 8 heteroatoms. The molecule has 4 rings (SSSR count). The van der Waals surface area contributed by atoms with Crippen LogP contribution in [0.15, 0.2) is 70.6 Å². The fourth-order valence-electron chi connectivity index (χ4n) is 3.27. The molecule has 0 radical (unpaired) electrons. The molecule has 0 aliphatic heterocycles. The molecular formula is C24H20N4O2S2. The lowest BCUT2D eigenvalue weighted by atomic mass is 10.2. The number of nitriles is 1. The molecule has 6 nitrogen and oxygen atoms in total. The Morgan fingerprint density at radius 3 is 2.69 bits per heavy atom. The van der Waals surface area contributed by atoms with Gasteiger partial charge in [0, 0.05) is 11.4 Å². The number of para-hydroxylation sites is 1. The van der Waals surface area contributed by atoms with Gasteiger partial charge in [0.1, 0.15) is 4.83 Å². The average molecular weight is 461 g/mol. The maximum absolute atomic E-state index is 13.6. The molecule has 2 aromatic carbocycles. The molecule has 0 saturated heterocycles. The van der Waals surface area contributed by atoms with Gasteiger partial charge in [-0.2, -0.15) is 5.26 Å². The number of carbonyl (C=O) groups is 1. The van der Waals surface area contributed by atoms with Gasteiger partial charge in [-0.1, -0.05) is 60.3 Å². The van der Waals surface area contributed by atoms with Crippen LogP contribution < -0.4 is 10.9 Å². The quantitative estimate of drug-likeness (QED) is 0.248. The third kappa shape index (κ3) is 4.59. The van der Waals surface area contributed by atoms with Crippen LogP contribution in [0, 0.1) is 18.3 Å². The van der Waals surface area contributed by atoms with Crippen LogP contribution in [0.25, 0.3) is 26.3 Å². The number of thioether (sulfide) groups is 1. The van der Waals surface area contributed by atoms with Crippen molar-refractivity contribution in [2.24, 2.45) is 0 Å². The van der Waals surface area contributed by atoms with E-state index in [0.29, 0.717) is 21.9 Å². The van der Waals surface area contributed by atoms with Crippen LogP contribution in [0.5, 0.6) is 0 Å². The van der Waals surface area contributed by atoms with Gasteiger partial charge in [-0.15, -0.1) is 11.3 Å². The SMILES string of the molecule is Cc1ccccc1-n1c(SCC(=O)NCCC#N)nc2sc(-c3ccccc3)cc2c1=O. The maximum atomic E-state index is 13.6. The predicted octanol–water partition coefficient (Wildman–Crippen LogP) is 4.54. The van der Waals surface area contributed by atoms with Crippen molar-refractivity contribution in [3.8, 4) is 22.2 Å². The first kappa shape index (κ1) is 21.8. The summed E-state index contributed by atoms with van der Waals surface area (Å²) in [6, 6.07) is 21.4. The molecule has 0 fully saturated rings. The molecule has 160 valence electrons. The van der Waals surface area contributed by atoms with Gasteiger partial charge in [-0.25, -0.2) is 4.98 Å². The maximum Gasteiger partial charge on any atom is 0.267 e. The van der Waals surface area contributed by atoms with Gasteiger partial charge < -0.3 is 5.32 Å². The number of hydrogen-bond donors (Lipinski definition) is 1. The minimum Gasteiger partial charge on any atom is -0.354 e. The third-order valence-electron chi connectivity index (χ3n) is 4.84. The molecule has 0 atom stereocenters. The van der Waals surface area contributed by atoms with Crippen LogP contribution in [-0.4, -0.2) is 27.8 Å². The standard InChI is InChI=1S/C24H20N4O2S2/c1-16-8-5-6-11-19(16)28-23(30)18-14-20(17-9-3-2-4-10-17)32-22(18)27-24(28)31-15-21(29)26-13-7-12-25/h2-6,8-11,14H,7,13,15H2,1H3,(H,26,29). The Hall–Kier alpha value is -3.41. The highest BCUT2D eigenvalue weighted by Crippen LogP contribution is 2.33. The zero-order valence-electron chi connectivity index (χ0n) is 17.4. The van der Waals surface area contributed by atoms with E-state index in [0.717, 1.165) is 21.7 Å². The van der Waals surface area contributed by atoms with Gasteiger partial charge in [0.25, 0.3) is 5.56 Å². The van der Waals surface area contributed by atoms with Gasteiger partial charge in [0.05, 0.1) is 29.3 Å². The average Bonchev–Trinajstić information content (AvgIpc) is 3.24. The minimum atomic E-state index is -0.202. The topological polar surface area (TPSA) is 87.8 Å². The van der Waals surface area contributed by atoms with Crippen LogP contribution in [0.3, 0.4) is 0 Å². The van der Waals surface area contributed by atoms with Crippen LogP contribution in [0.2, 0.25) is 0 Å². The normalized spacial score (nSPS) is 10.8. The summed E-state index contributed by atoms with van der Waals surface area (Å²) in [4.78, 5) is 32.2. The predicted molar refractivity (Wildman–Crippen MR) is 129 cm³/mol. The first-order valence-corrected chi connectivity index (χ1v) is 11.8. The molecule has 0 unspecified atom stereocenters. The van der Waals surface area contributed by atoms with Crippen molar-refractivity contribution in [2.75, 3.05) is 12.3 Å². The summed E-state index contributed by atoms with van der Waals surface area (Å²) in [6.45, 7) is 2.25. The van der Waals surface area contributed by atoms with Gasteiger partial charge in [-0.3, -0.25) is 14.2 Å². The number of carbonyl (C=O) groups excluding carboxylic acids is 1. The van der Waals surface area contributed by atoms with E-state index in [1.807, 2.05) is 73.7 Å². The molecular weight excluding hydrogens is 440 g/mol. The summed E-state index contributed by atoms with van der Waals surface area (Å²) < 4.78 is 1.59. The number of aryl methyl sites for hydroxylation is 1. The van der Waals surface area contributed by atoms with Gasteiger partial charge in [0.2, 0.25) is 5.91 Å². The Morgan fingerprint density at radius 1 is 1.19 bits per heavy atom. The fourth-order valence-corrected chi connectivity index (χ4v) is 5.18. The highest BCUT2D eigenvalue weighted by Gasteiger charge is 2.18. The molecule has 0 bridgehead atoms. The summed E-state index contributed by atoms with van der Waals surface area (Å²) in [6.07, 6.45) is 0.256. The molecule has 0 aliphatic carbocycles. The Kier molecular flexibility index (Phi) is 6.69. The lowest BCUT2D eigenvalue weighted by molar-refractivity contribution is -0.118. The Bertz CT molecular complexity index is 1370. The first-order chi connectivity index (χ1) is 15.6. The molecule has 2 aromatic heterocycles. The highest BCUT2D eigenvalue weighted by molar-refractivity contribution is 7.99. The van der Waals surface area contributed by atoms with Crippen LogP contribution >= 0.6 is 23.1 Å². The highest BCUT2D eigenvalue weighted by atomic mass is 32.2. The number of benzene rings is 2. The lowest BCUT2D eigenvalue weighted by Crippen LogP contribution is -2.27. The third-order valence-corrected chi connectivity index (χ3v) is 6.86. The van der Waals surface area contributed by atoms with Crippen LogP contribution in [0.4, 0.5) is 0 Å². The van der Waals surface area contributed by atoms with E-state index in [2.05, 4.69) is 5.32 Å². The van der Waals surface area contributed by atoms with E-state index in [1.165, 1.54) is 23.1 Å². The number of amides is 1. The Labute approximate surface area is 193 Å². The number of rotatable bonds is 7. The van der Waals surface area contributed by atoms with E-state index in [-0.39, 0.29) is 23.6 Å². The van der Waals surface area contributed by atoms with Gasteiger partial charge in [-0.05, 0) is 30.2 Å². The zero-order chi connectivity index (χ0) is 22.5. The Balaban J connectivity index is 1.79. The number of nitrogens with zero attached hydrogens (tertiary/aromatic N) is 3. The van der Waals surface area contributed by atoms with E-state index >= 15 is 0 Å². The molecule has 0 saturated carbocycles. The Morgan fingerprint density at radius 2 is 1.94 bits per heavy atom. The number of fused-ring (bicyclic) bond motifs is 1. The van der Waals surface area contributed by atoms with E-state index in [1.54, 1.807) is 4.57 Å². The monoisotopic (exact) mass is 460 g/mol. The fraction of sp³-hybridized carbons (Fsp3) is 0.167. The lowest BCUT2D eigenvalue weighted by Gasteiger charge is -2.14. The molecule has 0 aliphatic rings. The summed E-state index contributed by atoms with van der Waals surface area (Å²) >= 11 is 2.68. The molecule has 0 spiro atoms. The van der Waals surface area contributed by atoms with Crippen molar-refractivity contribution in [1.29, 1.82) is 5.26 Å². The van der Waals surface area contributed by atoms with E-state index in [9.17, 15) is 9.59 Å². The summed E-state index contributed by atoms with van der Waals surface area (Å²) in [7, 11) is 0. The van der Waals surface area contributed by atoms with Crippen LogP contribution in [-0.2, 0) is 4.79 Å². The van der Waals surface area contributed by atoms with Crippen molar-refractivity contribution in [1.82, 2.24) is 14.9 Å².